The summed E-state index contributed by atoms with van der Waals surface area (Å²) in [6.07, 6.45) is 0.757. The van der Waals surface area contributed by atoms with Crippen molar-refractivity contribution < 1.29 is 14.8 Å². The lowest BCUT2D eigenvalue weighted by molar-refractivity contribution is -0.384. The molecule has 0 aliphatic carbocycles. The minimum absolute atomic E-state index is 0.0533. The SMILES string of the molecule is O=C(c1ccc([N+](=O)[O-])cc1Cl)N1CCC(CO)C1. The maximum atomic E-state index is 12.2. The Balaban J connectivity index is 2.18. The van der Waals surface area contributed by atoms with Gasteiger partial charge in [0.25, 0.3) is 11.6 Å². The van der Waals surface area contributed by atoms with Gasteiger partial charge in [0, 0.05) is 37.7 Å². The van der Waals surface area contributed by atoms with Gasteiger partial charge in [0.05, 0.1) is 15.5 Å². The molecule has 1 fully saturated rings. The minimum Gasteiger partial charge on any atom is -0.396 e. The van der Waals surface area contributed by atoms with E-state index in [0.717, 1.165) is 6.42 Å². The summed E-state index contributed by atoms with van der Waals surface area (Å²) in [4.78, 5) is 23.8. The number of nitrogens with zero attached hydrogens (tertiary/aromatic N) is 2. The molecule has 0 bridgehead atoms. The molecule has 1 amide bonds. The molecule has 19 heavy (non-hydrogen) atoms. The van der Waals surface area contributed by atoms with E-state index < -0.39 is 4.92 Å². The molecule has 1 N–H and O–H groups in total. The molecule has 0 radical (unpaired) electrons. The third-order valence-corrected chi connectivity index (χ3v) is 3.54. The van der Waals surface area contributed by atoms with Crippen molar-refractivity contribution in [1.82, 2.24) is 4.90 Å². The molecule has 2 rings (SSSR count). The van der Waals surface area contributed by atoms with E-state index in [2.05, 4.69) is 0 Å². The van der Waals surface area contributed by atoms with Gasteiger partial charge in [-0.1, -0.05) is 11.6 Å². The minimum atomic E-state index is -0.558. The van der Waals surface area contributed by atoms with Crippen molar-refractivity contribution in [2.24, 2.45) is 5.92 Å². The van der Waals surface area contributed by atoms with Crippen LogP contribution >= 0.6 is 11.6 Å². The van der Waals surface area contributed by atoms with E-state index in [4.69, 9.17) is 16.7 Å². The molecule has 1 unspecified atom stereocenters. The van der Waals surface area contributed by atoms with Gasteiger partial charge in [-0.2, -0.15) is 0 Å². The van der Waals surface area contributed by atoms with E-state index in [1.807, 2.05) is 0 Å². The Morgan fingerprint density at radius 3 is 2.84 bits per heavy atom. The lowest BCUT2D eigenvalue weighted by atomic mass is 10.1. The van der Waals surface area contributed by atoms with E-state index in [-0.39, 0.29) is 34.7 Å². The molecular formula is C12H13ClN2O4. The van der Waals surface area contributed by atoms with Crippen molar-refractivity contribution in [3.63, 3.8) is 0 Å². The van der Waals surface area contributed by atoms with Gasteiger partial charge in [0.15, 0.2) is 0 Å². The van der Waals surface area contributed by atoms with Crippen molar-refractivity contribution in [2.75, 3.05) is 19.7 Å². The van der Waals surface area contributed by atoms with Gasteiger partial charge in [-0.25, -0.2) is 0 Å². The molecular weight excluding hydrogens is 272 g/mol. The summed E-state index contributed by atoms with van der Waals surface area (Å²) in [6, 6.07) is 3.81. The molecule has 0 spiro atoms. The highest BCUT2D eigenvalue weighted by molar-refractivity contribution is 6.34. The Kier molecular flexibility index (Phi) is 4.01. The highest BCUT2D eigenvalue weighted by Crippen LogP contribution is 2.25. The molecule has 1 aromatic rings. The fourth-order valence-electron chi connectivity index (χ4n) is 2.13. The van der Waals surface area contributed by atoms with E-state index in [9.17, 15) is 14.9 Å². The Morgan fingerprint density at radius 2 is 2.32 bits per heavy atom. The number of halogens is 1. The van der Waals surface area contributed by atoms with Crippen molar-refractivity contribution in [3.8, 4) is 0 Å². The van der Waals surface area contributed by atoms with Crippen LogP contribution in [0.4, 0.5) is 5.69 Å². The smallest absolute Gasteiger partial charge is 0.270 e. The maximum Gasteiger partial charge on any atom is 0.270 e. The summed E-state index contributed by atoms with van der Waals surface area (Å²) in [7, 11) is 0. The Labute approximate surface area is 114 Å². The van der Waals surface area contributed by atoms with Gasteiger partial charge in [-0.3, -0.25) is 14.9 Å². The standard InChI is InChI=1S/C12H13ClN2O4/c13-11-5-9(15(18)19)1-2-10(11)12(17)14-4-3-8(6-14)7-16/h1-2,5,8,16H,3-4,6-7H2. The van der Waals surface area contributed by atoms with Crippen LogP contribution in [-0.2, 0) is 0 Å². The molecule has 102 valence electrons. The number of likely N-dealkylation sites (tertiary alicyclic amines) is 1. The fraction of sp³-hybridized carbons (Fsp3) is 0.417. The predicted molar refractivity (Wildman–Crippen MR) is 69.2 cm³/mol. The molecule has 1 atom stereocenters. The molecule has 0 saturated carbocycles. The summed E-state index contributed by atoms with van der Waals surface area (Å²) in [5, 5.41) is 19.7. The van der Waals surface area contributed by atoms with E-state index in [0.29, 0.717) is 13.1 Å². The third-order valence-electron chi connectivity index (χ3n) is 3.23. The monoisotopic (exact) mass is 284 g/mol. The second-order valence-corrected chi connectivity index (χ2v) is 4.92. The number of carbonyl (C=O) groups excluding carboxylic acids is 1. The third kappa shape index (κ3) is 2.85. The fourth-order valence-corrected chi connectivity index (χ4v) is 2.38. The highest BCUT2D eigenvalue weighted by Gasteiger charge is 2.27. The quantitative estimate of drug-likeness (QED) is 0.676. The number of rotatable bonds is 3. The van der Waals surface area contributed by atoms with E-state index >= 15 is 0 Å². The van der Waals surface area contributed by atoms with Crippen LogP contribution in [0.2, 0.25) is 5.02 Å². The van der Waals surface area contributed by atoms with E-state index in [1.54, 1.807) is 4.90 Å². The van der Waals surface area contributed by atoms with Crippen LogP contribution in [0.25, 0.3) is 0 Å². The van der Waals surface area contributed by atoms with Crippen LogP contribution in [0.15, 0.2) is 18.2 Å². The predicted octanol–water partition coefficient (Wildman–Crippen LogP) is 1.70. The summed E-state index contributed by atoms with van der Waals surface area (Å²) < 4.78 is 0. The molecule has 6 nitrogen and oxygen atoms in total. The number of aliphatic hydroxyl groups is 1. The van der Waals surface area contributed by atoms with Crippen LogP contribution in [0.5, 0.6) is 0 Å². The van der Waals surface area contributed by atoms with Crippen molar-refractivity contribution in [2.45, 2.75) is 6.42 Å². The number of nitro benzene ring substituents is 1. The zero-order valence-electron chi connectivity index (χ0n) is 10.1. The number of amides is 1. The van der Waals surface area contributed by atoms with Crippen LogP contribution < -0.4 is 0 Å². The molecule has 1 heterocycles. The van der Waals surface area contributed by atoms with Crippen molar-refractivity contribution in [1.29, 1.82) is 0 Å². The van der Waals surface area contributed by atoms with Crippen molar-refractivity contribution >= 4 is 23.2 Å². The number of hydrogen-bond donors (Lipinski definition) is 1. The summed E-state index contributed by atoms with van der Waals surface area (Å²) in [5.41, 5.74) is 0.113. The second kappa shape index (κ2) is 5.54. The molecule has 1 aromatic carbocycles. The Hall–Kier alpha value is -1.66. The largest absolute Gasteiger partial charge is 0.396 e. The van der Waals surface area contributed by atoms with Gasteiger partial charge >= 0.3 is 0 Å². The average Bonchev–Trinajstić information content (AvgIpc) is 2.86. The summed E-state index contributed by atoms with van der Waals surface area (Å²) in [6.45, 7) is 1.11. The Bertz CT molecular complexity index is 520. The van der Waals surface area contributed by atoms with E-state index in [1.165, 1.54) is 18.2 Å². The summed E-state index contributed by atoms with van der Waals surface area (Å²) in [5.74, 6) is -0.156. The van der Waals surface area contributed by atoms with Gasteiger partial charge < -0.3 is 10.0 Å². The zero-order valence-corrected chi connectivity index (χ0v) is 10.8. The number of hydrogen-bond acceptors (Lipinski definition) is 4. The number of aliphatic hydroxyl groups excluding tert-OH is 1. The van der Waals surface area contributed by atoms with Crippen LogP contribution in [0.3, 0.4) is 0 Å². The lowest BCUT2D eigenvalue weighted by Gasteiger charge is -2.16. The maximum absolute atomic E-state index is 12.2. The zero-order chi connectivity index (χ0) is 14.0. The number of carbonyl (C=O) groups is 1. The van der Waals surface area contributed by atoms with Gasteiger partial charge in [-0.15, -0.1) is 0 Å². The summed E-state index contributed by atoms with van der Waals surface area (Å²) >= 11 is 5.92. The molecule has 1 saturated heterocycles. The molecule has 1 aliphatic rings. The van der Waals surface area contributed by atoms with Crippen molar-refractivity contribution in [3.05, 3.63) is 38.9 Å². The van der Waals surface area contributed by atoms with Crippen LogP contribution in [-0.4, -0.2) is 40.5 Å². The number of non-ortho nitro benzene ring substituents is 1. The van der Waals surface area contributed by atoms with Gasteiger partial charge in [0.2, 0.25) is 0 Å². The first-order valence-corrected chi connectivity index (χ1v) is 6.24. The first-order valence-electron chi connectivity index (χ1n) is 5.87. The molecule has 0 aromatic heterocycles. The first-order chi connectivity index (χ1) is 9.02. The lowest BCUT2D eigenvalue weighted by Crippen LogP contribution is -2.29. The average molecular weight is 285 g/mol. The topological polar surface area (TPSA) is 83.7 Å². The number of nitro groups is 1. The second-order valence-electron chi connectivity index (χ2n) is 4.51. The highest BCUT2D eigenvalue weighted by atomic mass is 35.5. The van der Waals surface area contributed by atoms with Crippen LogP contribution in [0.1, 0.15) is 16.8 Å². The Morgan fingerprint density at radius 1 is 1.58 bits per heavy atom. The molecule has 7 heteroatoms. The van der Waals surface area contributed by atoms with Gasteiger partial charge in [-0.05, 0) is 12.5 Å². The van der Waals surface area contributed by atoms with Gasteiger partial charge in [0.1, 0.15) is 0 Å². The first kappa shape index (κ1) is 13.8. The van der Waals surface area contributed by atoms with Crippen LogP contribution in [0, 0.1) is 16.0 Å². The molecule has 1 aliphatic heterocycles. The normalized spacial score (nSPS) is 18.6. The number of benzene rings is 1.